The zero-order valence-electron chi connectivity index (χ0n) is 10.7. The van der Waals surface area contributed by atoms with Gasteiger partial charge in [-0.2, -0.15) is 0 Å². The van der Waals surface area contributed by atoms with Crippen molar-refractivity contribution in [1.29, 1.82) is 0 Å². The molecule has 0 fully saturated rings. The average molecular weight is 281 g/mol. The van der Waals surface area contributed by atoms with Gasteiger partial charge < -0.3 is 5.73 Å². The lowest BCUT2D eigenvalue weighted by Gasteiger charge is -2.00. The van der Waals surface area contributed by atoms with Gasteiger partial charge in [0.1, 0.15) is 17.9 Å². The smallest absolute Gasteiger partial charge is 0.248 e. The Hall–Kier alpha value is -2.03. The third kappa shape index (κ3) is 3.98. The van der Waals surface area contributed by atoms with Gasteiger partial charge in [-0.1, -0.05) is 25.2 Å². The predicted octanol–water partition coefficient (Wildman–Crippen LogP) is 0.549. The van der Waals surface area contributed by atoms with Crippen molar-refractivity contribution in [3.63, 3.8) is 0 Å². The van der Waals surface area contributed by atoms with Crippen LogP contribution in [0.4, 0.5) is 11.1 Å². The molecule has 2 aromatic rings. The molecule has 19 heavy (non-hydrogen) atoms. The van der Waals surface area contributed by atoms with Crippen LogP contribution in [0.3, 0.4) is 0 Å². The van der Waals surface area contributed by atoms with Crippen molar-refractivity contribution >= 4 is 28.3 Å². The summed E-state index contributed by atoms with van der Waals surface area (Å²) in [5.41, 5.74) is 5.36. The molecular weight excluding hydrogens is 266 g/mol. The van der Waals surface area contributed by atoms with Gasteiger partial charge in [-0.15, -0.1) is 15.3 Å². The van der Waals surface area contributed by atoms with Crippen molar-refractivity contribution in [2.45, 2.75) is 26.8 Å². The fourth-order valence-corrected chi connectivity index (χ4v) is 2.40. The van der Waals surface area contributed by atoms with Gasteiger partial charge in [0.2, 0.25) is 17.0 Å². The average Bonchev–Trinajstić information content (AvgIpc) is 2.88. The topological polar surface area (TPSA) is 112 Å². The van der Waals surface area contributed by atoms with E-state index < -0.39 is 0 Å². The molecule has 102 valence electrons. The van der Waals surface area contributed by atoms with Gasteiger partial charge in [0.25, 0.3) is 0 Å². The highest BCUT2D eigenvalue weighted by atomic mass is 32.1. The van der Waals surface area contributed by atoms with Crippen LogP contribution < -0.4 is 11.1 Å². The first-order chi connectivity index (χ1) is 9.02. The summed E-state index contributed by atoms with van der Waals surface area (Å²) in [6.07, 6.45) is 2.26. The molecule has 0 aliphatic rings. The van der Waals surface area contributed by atoms with Crippen LogP contribution in [0.1, 0.15) is 18.9 Å². The Labute approximate surface area is 114 Å². The molecule has 0 spiro atoms. The molecule has 0 atom stereocenters. The van der Waals surface area contributed by atoms with Crippen LogP contribution in [-0.4, -0.2) is 30.9 Å². The highest BCUT2D eigenvalue weighted by molar-refractivity contribution is 7.15. The van der Waals surface area contributed by atoms with E-state index in [1.807, 2.05) is 0 Å². The lowest BCUT2D eigenvalue weighted by Crippen LogP contribution is -2.19. The van der Waals surface area contributed by atoms with Crippen LogP contribution >= 0.6 is 11.3 Å². The van der Waals surface area contributed by atoms with Gasteiger partial charge in [-0.05, 0) is 5.92 Å². The maximum absolute atomic E-state index is 11.7. The number of nitrogens with one attached hydrogen (secondary N) is 1. The molecule has 0 radical (unpaired) electrons. The zero-order valence-corrected chi connectivity index (χ0v) is 11.5. The first-order valence-corrected chi connectivity index (χ1v) is 6.61. The summed E-state index contributed by atoms with van der Waals surface area (Å²) < 4.78 is 1.36. The van der Waals surface area contributed by atoms with Gasteiger partial charge in [0.15, 0.2) is 0 Å². The SMILES string of the molecule is CC(C)Cc1nnc(NC(=O)Cn2cnc(N)n2)s1. The molecule has 8 nitrogen and oxygen atoms in total. The van der Waals surface area contributed by atoms with E-state index in [2.05, 4.69) is 39.4 Å². The molecule has 2 heterocycles. The van der Waals surface area contributed by atoms with Crippen LogP contribution in [0, 0.1) is 5.92 Å². The Balaban J connectivity index is 1.90. The number of carbonyl (C=O) groups excluding carboxylic acids is 1. The Kier molecular flexibility index (Phi) is 4.05. The summed E-state index contributed by atoms with van der Waals surface area (Å²) in [4.78, 5) is 15.5. The number of carbonyl (C=O) groups is 1. The molecule has 0 aliphatic heterocycles. The number of nitrogens with two attached hydrogens (primary N) is 1. The highest BCUT2D eigenvalue weighted by Crippen LogP contribution is 2.18. The Morgan fingerprint density at radius 1 is 1.53 bits per heavy atom. The van der Waals surface area contributed by atoms with Gasteiger partial charge in [-0.25, -0.2) is 9.67 Å². The summed E-state index contributed by atoms with van der Waals surface area (Å²) in [5.74, 6) is 0.412. The lowest BCUT2D eigenvalue weighted by atomic mass is 10.1. The molecule has 2 rings (SSSR count). The normalized spacial score (nSPS) is 10.9. The molecule has 0 aliphatic carbocycles. The van der Waals surface area contributed by atoms with E-state index in [0.29, 0.717) is 11.0 Å². The third-order valence-electron chi connectivity index (χ3n) is 2.16. The number of rotatable bonds is 5. The minimum absolute atomic E-state index is 0.0449. The molecule has 0 aromatic carbocycles. The highest BCUT2D eigenvalue weighted by Gasteiger charge is 2.10. The maximum Gasteiger partial charge on any atom is 0.248 e. The quantitative estimate of drug-likeness (QED) is 0.827. The summed E-state index contributed by atoms with van der Waals surface area (Å²) in [6, 6.07) is 0. The Bertz CT molecular complexity index is 562. The fraction of sp³-hybridized carbons (Fsp3) is 0.500. The van der Waals surface area contributed by atoms with Gasteiger partial charge in [0.05, 0.1) is 0 Å². The minimum atomic E-state index is -0.239. The molecule has 0 bridgehead atoms. The third-order valence-corrected chi connectivity index (χ3v) is 3.02. The monoisotopic (exact) mass is 281 g/mol. The Morgan fingerprint density at radius 3 is 2.95 bits per heavy atom. The van der Waals surface area contributed by atoms with E-state index >= 15 is 0 Å². The summed E-state index contributed by atoms with van der Waals surface area (Å²) in [5, 5.41) is 15.8. The number of nitrogen functional groups attached to an aromatic ring is 1. The van der Waals surface area contributed by atoms with E-state index in [0.717, 1.165) is 11.4 Å². The minimum Gasteiger partial charge on any atom is -0.367 e. The van der Waals surface area contributed by atoms with Crippen molar-refractivity contribution in [3.05, 3.63) is 11.3 Å². The van der Waals surface area contributed by atoms with Gasteiger partial charge >= 0.3 is 0 Å². The largest absolute Gasteiger partial charge is 0.367 e. The molecular formula is C10H15N7OS. The van der Waals surface area contributed by atoms with E-state index in [4.69, 9.17) is 5.73 Å². The molecule has 3 N–H and O–H groups in total. The van der Waals surface area contributed by atoms with Crippen LogP contribution in [0.2, 0.25) is 0 Å². The van der Waals surface area contributed by atoms with Crippen LogP contribution in [0.15, 0.2) is 6.33 Å². The molecule has 2 aromatic heterocycles. The number of anilines is 2. The fourth-order valence-electron chi connectivity index (χ4n) is 1.43. The van der Waals surface area contributed by atoms with Crippen molar-refractivity contribution in [1.82, 2.24) is 25.0 Å². The summed E-state index contributed by atoms with van der Waals surface area (Å²) >= 11 is 1.38. The van der Waals surface area contributed by atoms with Crippen molar-refractivity contribution in [2.75, 3.05) is 11.1 Å². The van der Waals surface area contributed by atoms with Crippen LogP contribution in [0.5, 0.6) is 0 Å². The lowest BCUT2D eigenvalue weighted by molar-refractivity contribution is -0.116. The second kappa shape index (κ2) is 5.74. The van der Waals surface area contributed by atoms with Crippen LogP contribution in [0.25, 0.3) is 0 Å². The molecule has 0 unspecified atom stereocenters. The number of nitrogens with zero attached hydrogens (tertiary/aromatic N) is 5. The van der Waals surface area contributed by atoms with Crippen molar-refractivity contribution in [3.8, 4) is 0 Å². The first-order valence-electron chi connectivity index (χ1n) is 5.80. The predicted molar refractivity (Wildman–Crippen MR) is 71.5 cm³/mol. The number of aromatic nitrogens is 5. The molecule has 0 saturated carbocycles. The van der Waals surface area contributed by atoms with Gasteiger partial charge in [0, 0.05) is 6.42 Å². The van der Waals surface area contributed by atoms with Crippen molar-refractivity contribution < 1.29 is 4.79 Å². The number of hydrogen-bond acceptors (Lipinski definition) is 7. The van der Waals surface area contributed by atoms with Crippen molar-refractivity contribution in [2.24, 2.45) is 5.92 Å². The Morgan fingerprint density at radius 2 is 2.32 bits per heavy atom. The molecule has 1 amide bonds. The zero-order chi connectivity index (χ0) is 13.8. The molecule has 9 heteroatoms. The van der Waals surface area contributed by atoms with Crippen LogP contribution in [-0.2, 0) is 17.8 Å². The number of hydrogen-bond donors (Lipinski definition) is 2. The first kappa shape index (κ1) is 13.4. The standard InChI is InChI=1S/C10H15N7OS/c1-6(2)3-8-14-15-10(19-8)13-7(18)4-17-5-12-9(11)16-17/h5-6H,3-4H2,1-2H3,(H2,11,16)(H,13,15,18). The maximum atomic E-state index is 11.7. The second-order valence-electron chi connectivity index (χ2n) is 4.45. The molecule has 0 saturated heterocycles. The second-order valence-corrected chi connectivity index (χ2v) is 5.51. The van der Waals surface area contributed by atoms with E-state index in [-0.39, 0.29) is 18.4 Å². The van der Waals surface area contributed by atoms with E-state index in [1.54, 1.807) is 0 Å². The summed E-state index contributed by atoms with van der Waals surface area (Å²) in [7, 11) is 0. The van der Waals surface area contributed by atoms with E-state index in [9.17, 15) is 4.79 Å². The van der Waals surface area contributed by atoms with E-state index in [1.165, 1.54) is 22.3 Å². The summed E-state index contributed by atoms with van der Waals surface area (Å²) in [6.45, 7) is 4.26. The number of amides is 1. The van der Waals surface area contributed by atoms with Gasteiger partial charge in [-0.3, -0.25) is 10.1 Å².